The first kappa shape index (κ1) is 31.4. The number of aromatic hydroxyl groups is 1. The maximum absolute atomic E-state index is 13.1. The highest BCUT2D eigenvalue weighted by Crippen LogP contribution is 2.51. The van der Waals surface area contributed by atoms with Gasteiger partial charge in [-0.3, -0.25) is 0 Å². The minimum Gasteiger partial charge on any atom is -0.508 e. The van der Waals surface area contributed by atoms with Gasteiger partial charge < -0.3 is 54.0 Å². The minimum atomic E-state index is -1.75. The van der Waals surface area contributed by atoms with E-state index in [0.717, 1.165) is 12.3 Å². The molecule has 0 aromatic heterocycles. The molecule has 0 radical (unpaired) electrons. The summed E-state index contributed by atoms with van der Waals surface area (Å²) in [5.74, 6) is -3.97. The summed E-state index contributed by atoms with van der Waals surface area (Å²) in [6.45, 7) is 0.790. The van der Waals surface area contributed by atoms with Crippen LogP contribution >= 0.6 is 0 Å². The van der Waals surface area contributed by atoms with Gasteiger partial charge in [-0.1, -0.05) is 18.2 Å². The Labute approximate surface area is 251 Å². The number of hydrogen-bond acceptors (Lipinski definition) is 14. The van der Waals surface area contributed by atoms with Crippen LogP contribution in [-0.2, 0) is 42.8 Å². The molecule has 1 aromatic rings. The molecule has 14 nitrogen and oxygen atoms in total. The van der Waals surface area contributed by atoms with E-state index in [-0.39, 0.29) is 16.9 Å². The Morgan fingerprint density at radius 1 is 1.09 bits per heavy atom. The number of allylic oxidation sites excluding steroid dienone is 1. The van der Waals surface area contributed by atoms with Crippen molar-refractivity contribution in [3.05, 3.63) is 71.5 Å². The SMILES string of the molecule is COC(=O)C1=COC(OC2OC(CO)C(O)C(O)C2O)C2C1C=CC21C=C(C(C)OC(=O)C=Cc2ccc(O)cc2)C(=O)O1. The average molecular weight is 617 g/mol. The topological polar surface area (TPSA) is 208 Å². The molecule has 1 spiro atoms. The van der Waals surface area contributed by atoms with Crippen molar-refractivity contribution < 1.29 is 68.3 Å². The first-order valence-corrected chi connectivity index (χ1v) is 13.7. The summed E-state index contributed by atoms with van der Waals surface area (Å²) >= 11 is 0. The molecule has 236 valence electrons. The summed E-state index contributed by atoms with van der Waals surface area (Å²) in [6, 6.07) is 6.11. The van der Waals surface area contributed by atoms with Crippen LogP contribution in [0.4, 0.5) is 0 Å². The van der Waals surface area contributed by atoms with Crippen LogP contribution in [0.25, 0.3) is 6.08 Å². The number of carbonyl (C=O) groups is 3. The van der Waals surface area contributed by atoms with E-state index in [1.54, 1.807) is 18.2 Å². The third-order valence-electron chi connectivity index (χ3n) is 7.91. The molecule has 3 heterocycles. The number of carbonyl (C=O) groups excluding carboxylic acids is 3. The molecule has 5 N–H and O–H groups in total. The van der Waals surface area contributed by atoms with E-state index in [0.29, 0.717) is 5.56 Å². The van der Waals surface area contributed by atoms with Crippen LogP contribution in [-0.4, -0.2) is 106 Å². The Bertz CT molecular complexity index is 1390. The summed E-state index contributed by atoms with van der Waals surface area (Å²) in [5, 5.41) is 49.8. The largest absolute Gasteiger partial charge is 0.508 e. The molecule has 0 amide bonds. The quantitative estimate of drug-likeness (QED) is 0.109. The second kappa shape index (κ2) is 12.5. The Balaban J connectivity index is 1.39. The fraction of sp³-hybridized carbons (Fsp3) is 0.433. The number of aliphatic hydroxyl groups excluding tert-OH is 4. The van der Waals surface area contributed by atoms with E-state index in [9.17, 15) is 39.9 Å². The fourth-order valence-electron chi connectivity index (χ4n) is 5.59. The van der Waals surface area contributed by atoms with Crippen molar-refractivity contribution in [2.75, 3.05) is 13.7 Å². The molecular weight excluding hydrogens is 584 g/mol. The van der Waals surface area contributed by atoms with Gasteiger partial charge in [0.15, 0.2) is 11.9 Å². The second-order valence-corrected chi connectivity index (χ2v) is 10.7. The molecule has 1 fully saturated rings. The van der Waals surface area contributed by atoms with Crippen LogP contribution in [0.15, 0.2) is 66.0 Å². The lowest BCUT2D eigenvalue weighted by atomic mass is 9.78. The van der Waals surface area contributed by atoms with Gasteiger partial charge >= 0.3 is 17.9 Å². The lowest BCUT2D eigenvalue weighted by molar-refractivity contribution is -0.344. The number of methoxy groups -OCH3 is 1. The molecule has 10 atom stereocenters. The van der Waals surface area contributed by atoms with Crippen molar-refractivity contribution in [1.29, 1.82) is 0 Å². The van der Waals surface area contributed by atoms with E-state index < -0.39 is 85.1 Å². The third kappa shape index (κ3) is 5.87. The van der Waals surface area contributed by atoms with Crippen molar-refractivity contribution in [3.63, 3.8) is 0 Å². The minimum absolute atomic E-state index is 0.00226. The molecule has 5 rings (SSSR count). The number of phenols is 1. The maximum atomic E-state index is 13.1. The Kier molecular flexibility index (Phi) is 8.92. The van der Waals surface area contributed by atoms with Crippen LogP contribution in [0.2, 0.25) is 0 Å². The van der Waals surface area contributed by atoms with Gasteiger partial charge in [0.05, 0.1) is 37.0 Å². The standard InChI is InChI=1S/C30H32O14/c1-14(41-21(33)8-5-15-3-6-16(32)7-4-15)18-11-30(44-27(18)38)10-9-17-19(26(37)39-2)13-40-28(22(17)30)43-29-25(36)24(35)23(34)20(12-31)42-29/h3-11,13-14,17,20,22-25,28-29,31-32,34-36H,12H2,1-2H3. The van der Waals surface area contributed by atoms with Crippen molar-refractivity contribution in [1.82, 2.24) is 0 Å². The molecule has 1 saturated heterocycles. The molecule has 10 unspecified atom stereocenters. The van der Waals surface area contributed by atoms with Crippen molar-refractivity contribution >= 4 is 24.0 Å². The molecule has 0 bridgehead atoms. The monoisotopic (exact) mass is 616 g/mol. The van der Waals surface area contributed by atoms with Crippen molar-refractivity contribution in [2.45, 2.75) is 55.6 Å². The first-order chi connectivity index (χ1) is 21.0. The highest BCUT2D eigenvalue weighted by Gasteiger charge is 2.60. The zero-order chi connectivity index (χ0) is 31.8. The number of hydrogen-bond donors (Lipinski definition) is 5. The lowest BCUT2D eigenvalue weighted by Gasteiger charge is -2.44. The summed E-state index contributed by atoms with van der Waals surface area (Å²) in [5.41, 5.74) is -0.852. The molecule has 4 aliphatic rings. The maximum Gasteiger partial charge on any atom is 0.338 e. The predicted molar refractivity (Wildman–Crippen MR) is 146 cm³/mol. The van der Waals surface area contributed by atoms with E-state index in [4.69, 9.17) is 28.4 Å². The van der Waals surface area contributed by atoms with Gasteiger partial charge in [0.2, 0.25) is 6.29 Å². The Morgan fingerprint density at radius 2 is 1.82 bits per heavy atom. The molecule has 1 aromatic carbocycles. The Morgan fingerprint density at radius 3 is 2.50 bits per heavy atom. The van der Waals surface area contributed by atoms with Gasteiger partial charge in [0.25, 0.3) is 0 Å². The average Bonchev–Trinajstić information content (AvgIpc) is 3.56. The van der Waals surface area contributed by atoms with Crippen molar-refractivity contribution in [2.24, 2.45) is 11.8 Å². The highest BCUT2D eigenvalue weighted by atomic mass is 16.8. The predicted octanol–water partition coefficient (Wildman–Crippen LogP) is -0.409. The second-order valence-electron chi connectivity index (χ2n) is 10.7. The van der Waals surface area contributed by atoms with Crippen LogP contribution < -0.4 is 0 Å². The smallest absolute Gasteiger partial charge is 0.338 e. The zero-order valence-electron chi connectivity index (χ0n) is 23.6. The number of rotatable bonds is 8. The van der Waals surface area contributed by atoms with Crippen molar-refractivity contribution in [3.8, 4) is 5.75 Å². The third-order valence-corrected chi connectivity index (χ3v) is 7.91. The van der Waals surface area contributed by atoms with Crippen LogP contribution in [0.5, 0.6) is 5.75 Å². The summed E-state index contributed by atoms with van der Waals surface area (Å²) in [7, 11) is 1.18. The van der Waals surface area contributed by atoms with E-state index in [1.807, 2.05) is 0 Å². The summed E-state index contributed by atoms with van der Waals surface area (Å²) in [6.07, 6.45) is -2.06. The van der Waals surface area contributed by atoms with Gasteiger partial charge in [-0.25, -0.2) is 14.4 Å². The molecule has 1 aliphatic carbocycles. The zero-order valence-corrected chi connectivity index (χ0v) is 23.6. The van der Waals surface area contributed by atoms with E-state index in [1.165, 1.54) is 44.4 Å². The first-order valence-electron chi connectivity index (χ1n) is 13.7. The number of ether oxygens (including phenoxy) is 6. The number of phenolic OH excluding ortho intramolecular Hbond substituents is 1. The van der Waals surface area contributed by atoms with E-state index >= 15 is 0 Å². The molecule has 44 heavy (non-hydrogen) atoms. The Hall–Kier alpha value is -4.05. The van der Waals surface area contributed by atoms with Crippen LogP contribution in [0.3, 0.4) is 0 Å². The van der Waals surface area contributed by atoms with Gasteiger partial charge in [0.1, 0.15) is 36.3 Å². The number of aliphatic hydroxyl groups is 4. The number of benzene rings is 1. The van der Waals surface area contributed by atoms with Gasteiger partial charge in [0, 0.05) is 12.0 Å². The summed E-state index contributed by atoms with van der Waals surface area (Å²) < 4.78 is 33.2. The van der Waals surface area contributed by atoms with Gasteiger partial charge in [-0.15, -0.1) is 0 Å². The molecule has 3 aliphatic heterocycles. The summed E-state index contributed by atoms with van der Waals surface area (Å²) in [4.78, 5) is 38.2. The van der Waals surface area contributed by atoms with Gasteiger partial charge in [-0.2, -0.15) is 0 Å². The van der Waals surface area contributed by atoms with Crippen LogP contribution in [0, 0.1) is 11.8 Å². The molecular formula is C30H32O14. The fourth-order valence-corrected chi connectivity index (χ4v) is 5.59. The molecule has 14 heteroatoms. The van der Waals surface area contributed by atoms with Gasteiger partial charge in [-0.05, 0) is 42.8 Å². The number of esters is 3. The number of fused-ring (bicyclic) bond motifs is 2. The highest BCUT2D eigenvalue weighted by molar-refractivity contribution is 5.95. The lowest BCUT2D eigenvalue weighted by Crippen LogP contribution is -2.60. The van der Waals surface area contributed by atoms with Crippen LogP contribution in [0.1, 0.15) is 12.5 Å². The normalized spacial score (nSPS) is 35.0. The van der Waals surface area contributed by atoms with E-state index in [2.05, 4.69) is 0 Å². The molecule has 0 saturated carbocycles.